The van der Waals surface area contributed by atoms with Gasteiger partial charge in [-0.3, -0.25) is 4.31 Å². The van der Waals surface area contributed by atoms with Crippen molar-refractivity contribution in [1.29, 1.82) is 0 Å². The van der Waals surface area contributed by atoms with Crippen LogP contribution in [0.2, 0.25) is 0 Å². The summed E-state index contributed by atoms with van der Waals surface area (Å²) >= 11 is 1.41. The first kappa shape index (κ1) is 129. The summed E-state index contributed by atoms with van der Waals surface area (Å²) in [4.78, 5) is 0.859. The second kappa shape index (κ2) is 61.1. The van der Waals surface area contributed by atoms with Gasteiger partial charge in [-0.1, -0.05) is 270 Å². The van der Waals surface area contributed by atoms with E-state index < -0.39 is 50.4 Å². The smallest absolute Gasteiger partial charge is 0.347 e. The average molecular weight is 2080 g/mol. The Labute approximate surface area is 866 Å². The van der Waals surface area contributed by atoms with E-state index in [0.29, 0.717) is 106 Å². The lowest BCUT2D eigenvalue weighted by Crippen LogP contribution is -2.28. The number of rotatable bonds is 35. The minimum Gasteiger partial charge on any atom is -0.496 e. The summed E-state index contributed by atoms with van der Waals surface area (Å²) in [6, 6.07) is 61.9. The number of hydrogen-bond donors (Lipinski definition) is 1. The van der Waals surface area contributed by atoms with Gasteiger partial charge in [-0.15, -0.1) is 11.3 Å². The molecule has 796 valence electrons. The summed E-state index contributed by atoms with van der Waals surface area (Å²) in [6.07, 6.45) is 2.52. The zero-order chi connectivity index (χ0) is 109. The molecule has 10 aromatic rings. The summed E-state index contributed by atoms with van der Waals surface area (Å²) in [7, 11) is -5.85. The zero-order valence-corrected chi connectivity index (χ0v) is 96.9. The van der Waals surface area contributed by atoms with Crippen molar-refractivity contribution in [3.63, 3.8) is 0 Å². The first-order valence-electron chi connectivity index (χ1n) is 49.6. The lowest BCUT2D eigenvalue weighted by molar-refractivity contribution is 0.0282. The van der Waals surface area contributed by atoms with E-state index in [1.807, 2.05) is 134 Å². The molecule has 0 saturated heterocycles. The fourth-order valence-electron chi connectivity index (χ4n) is 13.3. The molecule has 1 N–H and O–H groups in total. The van der Waals surface area contributed by atoms with Crippen LogP contribution in [0.15, 0.2) is 237 Å². The number of benzene rings is 9. The summed E-state index contributed by atoms with van der Waals surface area (Å²) in [5.74, 6) is 10.9. The van der Waals surface area contributed by atoms with E-state index >= 15 is 0 Å². The Morgan fingerprint density at radius 3 is 1.15 bits per heavy atom. The topological polar surface area (TPSA) is 234 Å². The number of methoxy groups -OCH3 is 4. The number of aliphatic hydroxyl groups is 1. The maximum absolute atomic E-state index is 12.9. The van der Waals surface area contributed by atoms with Crippen LogP contribution >= 0.6 is 11.3 Å². The van der Waals surface area contributed by atoms with E-state index in [0.717, 1.165) is 75.5 Å². The quantitative estimate of drug-likeness (QED) is 0.0287. The molecular formula is C118H173F2NO17S5. The van der Waals surface area contributed by atoms with E-state index in [4.69, 9.17) is 37.9 Å². The molecule has 1 atom stereocenters. The number of halogens is 2. The van der Waals surface area contributed by atoms with Crippen LogP contribution < -0.4 is 37.5 Å². The highest BCUT2D eigenvalue weighted by Crippen LogP contribution is 2.38. The molecule has 10 rings (SSSR count). The van der Waals surface area contributed by atoms with E-state index in [2.05, 4.69) is 206 Å². The van der Waals surface area contributed by atoms with E-state index in [9.17, 15) is 47.6 Å². The van der Waals surface area contributed by atoms with Crippen LogP contribution in [-0.4, -0.2) is 115 Å². The third-order valence-corrected chi connectivity index (χ3v) is 31.7. The molecule has 25 heteroatoms. The maximum Gasteiger partial charge on any atom is 0.347 e. The standard InChI is InChI=1S/C14H17NO2S2.2C14H22O2.C14H22O.C13H20O2S.C13H18O2.C13H20O2.C12H18O2S.C11H14F2O2S/c1-11(2)12-6-8-13(9-7-12)19(16,17)15(3)14-5-4-10-18-14;1-10(2)12-6-7-13(11(3)8-12)16-9-14(4,5)15;1-5-8-16-10-13-7-6-12(11(2)3)9-14(13)15-4;1-10(2)11-7-8-12(14(3,4)5)13(9-11)15-6;1-5-11(4)16(14,15)13-8-6-12(7-9-13)10(2)3;1-9(2)11-6-7-12(15-10(3)4)13(8-11)14-5;1-9(2)11-6-7-12(14-5)13(8-11)15-10(3)4;1-4-9-15(13,14)12-7-5-11(6-8-12)10(2)3;1-8(2)9-4-6-10(7-5-9)16(14,15)11(3,12)13/h4-11H,1-3H3;6-8,10,15H,9H2,1-5H3;6-7,9,11H,5,8,10H2,1-4H3;7-10H,1-6H3;6-11H,5H2,1-4H3;6-9H,3H2,1-2,4-5H3;6-10H,1-5H3;5-8,10H,4,9H2,1-3H3;4-8H,1-3H3. The van der Waals surface area contributed by atoms with Crippen LogP contribution in [0.3, 0.4) is 0 Å². The fourth-order valence-corrected chi connectivity index (χ4v) is 19.1. The predicted octanol–water partition coefficient (Wildman–Crippen LogP) is 31.7. The van der Waals surface area contributed by atoms with Crippen molar-refractivity contribution in [2.45, 2.75) is 348 Å². The number of sulfonamides is 1. The Hall–Kier alpha value is -9.60. The molecule has 0 saturated carbocycles. The first-order chi connectivity index (χ1) is 66.4. The van der Waals surface area contributed by atoms with Crippen molar-refractivity contribution >= 4 is 55.9 Å². The number of allylic oxidation sites excluding steroid dienone is 1. The van der Waals surface area contributed by atoms with Crippen LogP contribution in [0.4, 0.5) is 13.8 Å². The summed E-state index contributed by atoms with van der Waals surface area (Å²) in [5.41, 5.74) is 13.7. The average Bonchev–Trinajstić information content (AvgIpc) is 1.56. The summed E-state index contributed by atoms with van der Waals surface area (Å²) in [5, 5.41) is 8.12. The predicted molar refractivity (Wildman–Crippen MR) is 594 cm³/mol. The number of ether oxygens (including phenoxy) is 8. The van der Waals surface area contributed by atoms with Gasteiger partial charge < -0.3 is 43.0 Å². The van der Waals surface area contributed by atoms with Crippen LogP contribution in [-0.2, 0) is 56.3 Å². The number of aryl methyl sites for hydroxylation is 1. The number of thiophene rings is 1. The molecular weight excluding hydrogens is 1900 g/mol. The third-order valence-electron chi connectivity index (χ3n) is 22.8. The third kappa shape index (κ3) is 43.9. The SMILES string of the molecule is C=C(C)Oc1ccc(C(C)C)cc1OC.CC(C)c1ccc(S(=O)(=O)C(C)(F)F)cc1.CC(C)c1ccc(S(=O)(=O)N(C)c2cccs2)cc1.CCC(C)S(=O)(=O)c1ccc(C(C)C)cc1.CCCOCc1ccc(C(C)C)cc1OC.CCCS(=O)(=O)c1ccc(C(C)C)cc1.COc1cc(C(C)C)ccc1C(C)(C)C.COc1ccc(C(C)C)cc1OC(C)C.Cc1cc(C(C)C)ccc1OCC(C)(C)O. The molecule has 143 heavy (non-hydrogen) atoms. The van der Waals surface area contributed by atoms with E-state index in [1.54, 1.807) is 111 Å². The molecule has 0 aliphatic heterocycles. The molecule has 1 heterocycles. The van der Waals surface area contributed by atoms with Gasteiger partial charge in [0.25, 0.3) is 10.0 Å². The highest BCUT2D eigenvalue weighted by atomic mass is 32.2. The Balaban J connectivity index is 0.000000544. The molecule has 0 radical (unpaired) electrons. The van der Waals surface area contributed by atoms with Crippen LogP contribution in [0.5, 0.6) is 40.2 Å². The molecule has 0 amide bonds. The summed E-state index contributed by atoms with van der Waals surface area (Å²) in [6.45, 7) is 69.6. The second-order valence-electron chi connectivity index (χ2n) is 40.2. The highest BCUT2D eigenvalue weighted by Gasteiger charge is 2.41. The molecule has 0 aliphatic rings. The largest absolute Gasteiger partial charge is 0.496 e. The first-order valence-corrected chi connectivity index (χ1v) is 56.6. The van der Waals surface area contributed by atoms with Gasteiger partial charge >= 0.3 is 5.25 Å². The Kier molecular flexibility index (Phi) is 55.3. The van der Waals surface area contributed by atoms with E-state index in [1.165, 1.54) is 72.3 Å². The van der Waals surface area contributed by atoms with Crippen molar-refractivity contribution in [2.75, 3.05) is 58.8 Å². The van der Waals surface area contributed by atoms with Gasteiger partial charge in [0.05, 0.1) is 83.1 Å². The molecule has 0 bridgehead atoms. The molecule has 9 aromatic carbocycles. The van der Waals surface area contributed by atoms with Crippen molar-refractivity contribution in [3.05, 3.63) is 285 Å². The zero-order valence-electron chi connectivity index (χ0n) is 92.9. The molecule has 0 fully saturated rings. The van der Waals surface area contributed by atoms with Crippen molar-refractivity contribution in [1.82, 2.24) is 0 Å². The van der Waals surface area contributed by atoms with Gasteiger partial charge in [-0.25, -0.2) is 33.7 Å². The fraction of sp³-hybridized carbons (Fsp3) is 0.492. The normalized spacial score (nSPS) is 11.9. The maximum atomic E-state index is 12.9. The molecule has 1 unspecified atom stereocenters. The van der Waals surface area contributed by atoms with Crippen LogP contribution in [0.25, 0.3) is 0 Å². The van der Waals surface area contributed by atoms with Crippen molar-refractivity contribution in [3.8, 4) is 40.2 Å². The van der Waals surface area contributed by atoms with Crippen molar-refractivity contribution in [2.24, 2.45) is 0 Å². The number of hydrogen-bond acceptors (Lipinski definition) is 18. The summed E-state index contributed by atoms with van der Waals surface area (Å²) < 4.78 is 166. The number of anilines is 1. The highest BCUT2D eigenvalue weighted by molar-refractivity contribution is 7.93. The molecule has 18 nitrogen and oxygen atoms in total. The Morgan fingerprint density at radius 1 is 0.427 bits per heavy atom. The Morgan fingerprint density at radius 2 is 0.790 bits per heavy atom. The van der Waals surface area contributed by atoms with Crippen molar-refractivity contribution < 1.29 is 85.5 Å². The Bertz CT molecular complexity index is 5870. The number of sulfone groups is 3. The van der Waals surface area contributed by atoms with Crippen LogP contribution in [0, 0.1) is 6.92 Å². The number of alkyl halides is 2. The van der Waals surface area contributed by atoms with Gasteiger partial charge in [0.1, 0.15) is 28.9 Å². The molecule has 0 aliphatic carbocycles. The lowest BCUT2D eigenvalue weighted by Gasteiger charge is -2.23. The molecule has 0 spiro atoms. The van der Waals surface area contributed by atoms with Gasteiger partial charge in [0.15, 0.2) is 42.7 Å². The molecule has 1 aromatic heterocycles. The number of nitrogens with zero attached hydrogens (tertiary/aromatic N) is 1. The minimum atomic E-state index is -4.55. The van der Waals surface area contributed by atoms with Crippen LogP contribution in [0.1, 0.15) is 354 Å². The second-order valence-corrected chi connectivity index (χ2v) is 49.8. The minimum absolute atomic E-state index is 0.140. The van der Waals surface area contributed by atoms with Gasteiger partial charge in [-0.2, -0.15) is 8.78 Å². The lowest BCUT2D eigenvalue weighted by atomic mass is 9.85. The van der Waals surface area contributed by atoms with Gasteiger partial charge in [0, 0.05) is 26.1 Å². The monoisotopic (exact) mass is 2070 g/mol. The van der Waals surface area contributed by atoms with Gasteiger partial charge in [0.2, 0.25) is 9.84 Å². The van der Waals surface area contributed by atoms with Gasteiger partial charge in [-0.05, 0) is 296 Å². The van der Waals surface area contributed by atoms with E-state index in [-0.39, 0.29) is 33.3 Å².